The molecule has 0 unspecified atom stereocenters. The maximum atomic E-state index is 11.2. The van der Waals surface area contributed by atoms with E-state index in [1.807, 2.05) is 6.92 Å². The number of nitrogens with zero attached hydrogens (tertiary/aromatic N) is 3. The molecule has 22 heavy (non-hydrogen) atoms. The first-order valence-corrected chi connectivity index (χ1v) is 6.76. The van der Waals surface area contributed by atoms with Crippen molar-refractivity contribution in [3.8, 4) is 0 Å². The van der Waals surface area contributed by atoms with Crippen molar-refractivity contribution in [2.45, 2.75) is 6.92 Å². The summed E-state index contributed by atoms with van der Waals surface area (Å²) in [6, 6.07) is 4.16. The molecule has 0 saturated carbocycles. The van der Waals surface area contributed by atoms with Crippen molar-refractivity contribution >= 4 is 28.4 Å². The quantitative estimate of drug-likeness (QED) is 0.419. The van der Waals surface area contributed by atoms with Gasteiger partial charge < -0.3 is 16.0 Å². The molecule has 9 heteroatoms. The number of carbonyl (C=O) groups excluding carboxylic acids is 1. The molecule has 0 aliphatic carbocycles. The zero-order valence-corrected chi connectivity index (χ0v) is 12.0. The van der Waals surface area contributed by atoms with Gasteiger partial charge in [-0.05, 0) is 13.0 Å². The highest BCUT2D eigenvalue weighted by Gasteiger charge is 2.10. The van der Waals surface area contributed by atoms with Gasteiger partial charge in [0.15, 0.2) is 0 Å². The van der Waals surface area contributed by atoms with Crippen LogP contribution in [-0.2, 0) is 0 Å². The Morgan fingerprint density at radius 3 is 2.82 bits per heavy atom. The Morgan fingerprint density at radius 2 is 2.09 bits per heavy atom. The summed E-state index contributed by atoms with van der Waals surface area (Å²) in [4.78, 5) is 29.8. The molecule has 0 aliphatic heterocycles. The highest BCUT2D eigenvalue weighted by molar-refractivity contribution is 5.90. The fraction of sp³-hybridized carbons (Fsp3) is 0.308. The van der Waals surface area contributed by atoms with Gasteiger partial charge in [0, 0.05) is 37.2 Å². The zero-order valence-electron chi connectivity index (χ0n) is 12.0. The number of nitro benzene ring substituents is 1. The molecule has 2 aromatic rings. The van der Waals surface area contributed by atoms with Crippen molar-refractivity contribution in [1.82, 2.24) is 20.6 Å². The number of hydrogen-bond acceptors (Lipinski definition) is 6. The first-order chi connectivity index (χ1) is 10.6. The van der Waals surface area contributed by atoms with Crippen molar-refractivity contribution in [3.63, 3.8) is 0 Å². The van der Waals surface area contributed by atoms with Crippen LogP contribution in [0.2, 0.25) is 0 Å². The SMILES string of the molecule is CCNC(=O)NCCNc1ncnc2ccc([N+](=O)[O-])cc12. The average Bonchev–Trinajstić information content (AvgIpc) is 2.51. The van der Waals surface area contributed by atoms with E-state index >= 15 is 0 Å². The van der Waals surface area contributed by atoms with Crippen LogP contribution in [0, 0.1) is 10.1 Å². The molecule has 0 aliphatic rings. The highest BCUT2D eigenvalue weighted by atomic mass is 16.6. The van der Waals surface area contributed by atoms with Crippen LogP contribution in [0.5, 0.6) is 0 Å². The molecule has 0 spiro atoms. The summed E-state index contributed by atoms with van der Waals surface area (Å²) < 4.78 is 0. The number of fused-ring (bicyclic) bond motifs is 1. The van der Waals surface area contributed by atoms with E-state index in [0.717, 1.165) is 0 Å². The summed E-state index contributed by atoms with van der Waals surface area (Å²) in [6.45, 7) is 3.22. The fourth-order valence-electron chi connectivity index (χ4n) is 1.88. The lowest BCUT2D eigenvalue weighted by Crippen LogP contribution is -2.37. The van der Waals surface area contributed by atoms with Gasteiger partial charge in [-0.1, -0.05) is 0 Å². The number of amides is 2. The number of non-ortho nitro benzene ring substituents is 1. The second-order valence-electron chi connectivity index (χ2n) is 4.39. The van der Waals surface area contributed by atoms with Crippen LogP contribution >= 0.6 is 0 Å². The third-order valence-corrected chi connectivity index (χ3v) is 2.87. The minimum Gasteiger partial charge on any atom is -0.368 e. The molecule has 9 nitrogen and oxygen atoms in total. The summed E-state index contributed by atoms with van der Waals surface area (Å²) in [5.74, 6) is 0.492. The normalized spacial score (nSPS) is 10.2. The Kier molecular flexibility index (Phi) is 5.02. The molecule has 0 bridgehead atoms. The number of nitrogens with one attached hydrogen (secondary N) is 3. The van der Waals surface area contributed by atoms with Gasteiger partial charge in [-0.3, -0.25) is 10.1 Å². The van der Waals surface area contributed by atoms with Crippen LogP contribution in [0.25, 0.3) is 10.9 Å². The van der Waals surface area contributed by atoms with Gasteiger partial charge in [0.1, 0.15) is 12.1 Å². The summed E-state index contributed by atoms with van der Waals surface area (Å²) in [5, 5.41) is 19.7. The van der Waals surface area contributed by atoms with Gasteiger partial charge in [0.05, 0.1) is 10.4 Å². The molecule has 0 saturated heterocycles. The Balaban J connectivity index is 2.05. The van der Waals surface area contributed by atoms with Crippen LogP contribution < -0.4 is 16.0 Å². The number of urea groups is 1. The third-order valence-electron chi connectivity index (χ3n) is 2.87. The Morgan fingerprint density at radius 1 is 1.27 bits per heavy atom. The van der Waals surface area contributed by atoms with Crippen molar-refractivity contribution < 1.29 is 9.72 Å². The summed E-state index contributed by atoms with van der Waals surface area (Å²) >= 11 is 0. The summed E-state index contributed by atoms with van der Waals surface area (Å²) in [7, 11) is 0. The molecule has 1 heterocycles. The Bertz CT molecular complexity index is 691. The van der Waals surface area contributed by atoms with Gasteiger partial charge in [-0.15, -0.1) is 0 Å². The van der Waals surface area contributed by atoms with E-state index in [2.05, 4.69) is 25.9 Å². The van der Waals surface area contributed by atoms with Crippen molar-refractivity contribution in [2.24, 2.45) is 0 Å². The second-order valence-corrected chi connectivity index (χ2v) is 4.39. The second kappa shape index (κ2) is 7.16. The maximum Gasteiger partial charge on any atom is 0.314 e. The topological polar surface area (TPSA) is 122 Å². The third kappa shape index (κ3) is 3.78. The monoisotopic (exact) mass is 304 g/mol. The maximum absolute atomic E-state index is 11.2. The van der Waals surface area contributed by atoms with Gasteiger partial charge in [-0.25, -0.2) is 14.8 Å². The Labute approximate surface area is 126 Å². The lowest BCUT2D eigenvalue weighted by atomic mass is 10.2. The molecular weight excluding hydrogens is 288 g/mol. The highest BCUT2D eigenvalue weighted by Crippen LogP contribution is 2.23. The average molecular weight is 304 g/mol. The molecule has 0 atom stereocenters. The first-order valence-electron chi connectivity index (χ1n) is 6.76. The fourth-order valence-corrected chi connectivity index (χ4v) is 1.88. The lowest BCUT2D eigenvalue weighted by Gasteiger charge is -2.09. The molecule has 3 N–H and O–H groups in total. The number of rotatable bonds is 6. The zero-order chi connectivity index (χ0) is 15.9. The number of anilines is 1. The number of nitro groups is 1. The molecule has 2 amide bonds. The van der Waals surface area contributed by atoms with Gasteiger partial charge >= 0.3 is 6.03 Å². The lowest BCUT2D eigenvalue weighted by molar-refractivity contribution is -0.384. The minimum absolute atomic E-state index is 0.0224. The standard InChI is InChI=1S/C13H16N6O3/c1-2-14-13(20)16-6-5-15-12-10-7-9(19(21)22)3-4-11(10)17-8-18-12/h3-4,7-8H,2,5-6H2,1H3,(H2,14,16,20)(H,15,17,18). The molecule has 1 aromatic heterocycles. The van der Waals surface area contributed by atoms with Crippen LogP contribution in [0.1, 0.15) is 6.92 Å². The van der Waals surface area contributed by atoms with E-state index in [1.54, 1.807) is 6.07 Å². The largest absolute Gasteiger partial charge is 0.368 e. The smallest absolute Gasteiger partial charge is 0.314 e. The predicted octanol–water partition coefficient (Wildman–Crippen LogP) is 1.27. The molecule has 2 rings (SSSR count). The first kappa shape index (κ1) is 15.4. The van der Waals surface area contributed by atoms with Crippen molar-refractivity contribution in [3.05, 3.63) is 34.6 Å². The number of aromatic nitrogens is 2. The molecule has 0 radical (unpaired) electrons. The van der Waals surface area contributed by atoms with Crippen LogP contribution in [0.15, 0.2) is 24.5 Å². The van der Waals surface area contributed by atoms with E-state index in [-0.39, 0.29) is 11.7 Å². The predicted molar refractivity (Wildman–Crippen MR) is 81.8 cm³/mol. The van der Waals surface area contributed by atoms with Crippen molar-refractivity contribution in [1.29, 1.82) is 0 Å². The van der Waals surface area contributed by atoms with Gasteiger partial charge in [-0.2, -0.15) is 0 Å². The molecule has 116 valence electrons. The van der Waals surface area contributed by atoms with Gasteiger partial charge in [0.25, 0.3) is 5.69 Å². The van der Waals surface area contributed by atoms with E-state index in [0.29, 0.717) is 36.4 Å². The van der Waals surface area contributed by atoms with Crippen LogP contribution in [0.3, 0.4) is 0 Å². The number of hydrogen-bond donors (Lipinski definition) is 3. The summed E-state index contributed by atoms with van der Waals surface area (Å²) in [5.41, 5.74) is 0.589. The van der Waals surface area contributed by atoms with E-state index < -0.39 is 4.92 Å². The van der Waals surface area contributed by atoms with E-state index in [1.165, 1.54) is 18.5 Å². The van der Waals surface area contributed by atoms with E-state index in [9.17, 15) is 14.9 Å². The van der Waals surface area contributed by atoms with Crippen LogP contribution in [0.4, 0.5) is 16.3 Å². The molecule has 0 fully saturated rings. The van der Waals surface area contributed by atoms with Crippen LogP contribution in [-0.4, -0.2) is 40.6 Å². The number of carbonyl (C=O) groups is 1. The minimum atomic E-state index is -0.465. The van der Waals surface area contributed by atoms with Crippen molar-refractivity contribution in [2.75, 3.05) is 25.0 Å². The molecule has 1 aromatic carbocycles. The number of benzene rings is 1. The van der Waals surface area contributed by atoms with E-state index in [4.69, 9.17) is 0 Å². The Hall–Kier alpha value is -2.97. The summed E-state index contributed by atoms with van der Waals surface area (Å²) in [6.07, 6.45) is 1.38. The van der Waals surface area contributed by atoms with Gasteiger partial charge in [0.2, 0.25) is 0 Å². The molecular formula is C13H16N6O3.